The molecule has 0 N–H and O–H groups in total. The smallest absolute Gasteiger partial charge is 0.251 e. The number of halogens is 3. The van der Waals surface area contributed by atoms with Crippen molar-refractivity contribution in [3.05, 3.63) is 41.2 Å². The molecule has 206 valence electrons. The van der Waals surface area contributed by atoms with Gasteiger partial charge in [-0.2, -0.15) is 9.97 Å². The minimum atomic E-state index is -4.06. The Morgan fingerprint density at radius 2 is 1.66 bits per heavy atom. The van der Waals surface area contributed by atoms with Crippen LogP contribution in [0.15, 0.2) is 18.7 Å². The van der Waals surface area contributed by atoms with E-state index in [1.165, 1.54) is 51.5 Å². The van der Waals surface area contributed by atoms with E-state index >= 15 is 0 Å². The monoisotopic (exact) mass is 573 g/mol. The second-order valence-corrected chi connectivity index (χ2v) is 11.5. The van der Waals surface area contributed by atoms with E-state index in [4.69, 9.17) is 25.8 Å². The molecule has 2 atom stereocenters. The maximum Gasteiger partial charge on any atom is 0.251 e. The highest BCUT2D eigenvalue weighted by Gasteiger charge is 2.52. The number of methoxy groups -OCH3 is 3. The van der Waals surface area contributed by atoms with E-state index in [9.17, 15) is 17.2 Å². The predicted molar refractivity (Wildman–Crippen MR) is 130 cm³/mol. The first-order valence-corrected chi connectivity index (χ1v) is 13.6. The van der Waals surface area contributed by atoms with Gasteiger partial charge in [-0.1, -0.05) is 18.0 Å². The lowest BCUT2D eigenvalue weighted by atomic mass is 9.68. The molecule has 3 aromatic heterocycles. The topological polar surface area (TPSA) is 144 Å². The van der Waals surface area contributed by atoms with Gasteiger partial charge in [0, 0.05) is 19.5 Å². The molecule has 3 aromatic rings. The van der Waals surface area contributed by atoms with Gasteiger partial charge in [-0.25, -0.2) is 27.2 Å². The second-order valence-electron chi connectivity index (χ2n) is 8.75. The number of aromatic nitrogens is 7. The Morgan fingerprint density at radius 3 is 2.13 bits per heavy atom. The highest BCUT2D eigenvalue weighted by Crippen LogP contribution is 2.49. The van der Waals surface area contributed by atoms with Gasteiger partial charge >= 0.3 is 0 Å². The number of sulfone groups is 1. The first-order valence-electron chi connectivity index (χ1n) is 11.5. The third-order valence-electron chi connectivity index (χ3n) is 6.68. The van der Waals surface area contributed by atoms with Crippen molar-refractivity contribution in [2.75, 3.05) is 21.3 Å². The summed E-state index contributed by atoms with van der Waals surface area (Å²) in [7, 11) is -0.0789. The second kappa shape index (κ2) is 11.0. The highest BCUT2D eigenvalue weighted by atomic mass is 35.5. The zero-order valence-corrected chi connectivity index (χ0v) is 22.6. The molecule has 4 rings (SSSR count). The summed E-state index contributed by atoms with van der Waals surface area (Å²) in [5.41, 5.74) is -1.61. The zero-order chi connectivity index (χ0) is 27.7. The van der Waals surface area contributed by atoms with Crippen LogP contribution in [-0.4, -0.2) is 76.1 Å². The summed E-state index contributed by atoms with van der Waals surface area (Å²) in [4.78, 5) is 16.3. The van der Waals surface area contributed by atoms with Crippen molar-refractivity contribution in [1.29, 1.82) is 0 Å². The summed E-state index contributed by atoms with van der Waals surface area (Å²) < 4.78 is 73.4. The minimum absolute atomic E-state index is 0.0200. The Balaban J connectivity index is 1.84. The maximum absolute atomic E-state index is 14.4. The Kier molecular flexibility index (Phi) is 8.09. The van der Waals surface area contributed by atoms with Crippen LogP contribution in [-0.2, 0) is 25.7 Å². The largest absolute Gasteiger partial charge is 0.479 e. The van der Waals surface area contributed by atoms with Gasteiger partial charge in [-0.05, 0) is 19.8 Å². The van der Waals surface area contributed by atoms with E-state index < -0.39 is 38.8 Å². The van der Waals surface area contributed by atoms with Crippen molar-refractivity contribution < 1.29 is 31.4 Å². The van der Waals surface area contributed by atoms with Crippen molar-refractivity contribution in [3.8, 4) is 17.4 Å². The summed E-state index contributed by atoms with van der Waals surface area (Å²) in [6.07, 6.45) is 0.848. The van der Waals surface area contributed by atoms with Crippen LogP contribution in [0.2, 0.25) is 5.02 Å². The molecular weight excluding hydrogens is 548 g/mol. The summed E-state index contributed by atoms with van der Waals surface area (Å²) >= 11 is 5.85. The molecule has 0 aromatic carbocycles. The molecule has 0 spiro atoms. The standard InChI is InChI=1S/C22H26ClF2N7O5S/c1-12(16(35-2)17-26-8-13(23)9-27-17)38(33,34)10-14-30-31-21(22(20(24)25)6-5-7-22)32(14)15-18(36-3)28-11-29-19(15)37-4/h8-9,11-12,16,20H,5-7,10H2,1-4H3/t12-,16-/m0/s1. The SMILES string of the molecule is COc1ncnc(OC)c1-n1c(CS(=O)(=O)[C@@H](C)[C@H](OC)c2ncc(Cl)cn2)nnc1C1(C(F)F)CCC1. The fourth-order valence-electron chi connectivity index (χ4n) is 4.38. The summed E-state index contributed by atoms with van der Waals surface area (Å²) in [5.74, 6) is -0.893. The Morgan fingerprint density at radius 1 is 1.05 bits per heavy atom. The number of hydrogen-bond donors (Lipinski definition) is 0. The van der Waals surface area contributed by atoms with Crippen molar-refractivity contribution in [1.82, 2.24) is 34.7 Å². The molecule has 1 saturated carbocycles. The van der Waals surface area contributed by atoms with Gasteiger partial charge < -0.3 is 14.2 Å². The molecular formula is C22H26ClF2N7O5S. The van der Waals surface area contributed by atoms with Crippen LogP contribution >= 0.6 is 11.6 Å². The molecule has 16 heteroatoms. The van der Waals surface area contributed by atoms with E-state index in [-0.39, 0.29) is 52.8 Å². The van der Waals surface area contributed by atoms with E-state index in [2.05, 4.69) is 30.1 Å². The molecule has 1 aliphatic rings. The van der Waals surface area contributed by atoms with E-state index in [1.807, 2.05) is 0 Å². The van der Waals surface area contributed by atoms with Crippen LogP contribution in [0.3, 0.4) is 0 Å². The maximum atomic E-state index is 14.4. The van der Waals surface area contributed by atoms with Crippen molar-refractivity contribution in [3.63, 3.8) is 0 Å². The van der Waals surface area contributed by atoms with Gasteiger partial charge in [0.1, 0.15) is 24.0 Å². The third-order valence-corrected chi connectivity index (χ3v) is 8.91. The fraction of sp³-hybridized carbons (Fsp3) is 0.545. The average molecular weight is 574 g/mol. The number of hydrogen-bond acceptors (Lipinski definition) is 11. The number of ether oxygens (including phenoxy) is 3. The van der Waals surface area contributed by atoms with Crippen molar-refractivity contribution in [2.24, 2.45) is 0 Å². The molecule has 1 aliphatic carbocycles. The van der Waals surface area contributed by atoms with Gasteiger partial charge in [-0.15, -0.1) is 10.2 Å². The van der Waals surface area contributed by atoms with Crippen LogP contribution in [0.1, 0.15) is 49.8 Å². The summed E-state index contributed by atoms with van der Waals surface area (Å²) in [5, 5.41) is 7.23. The molecule has 0 aliphatic heterocycles. The first kappa shape index (κ1) is 28.0. The summed E-state index contributed by atoms with van der Waals surface area (Å²) in [6, 6.07) is 0. The van der Waals surface area contributed by atoms with Crippen molar-refractivity contribution in [2.45, 2.75) is 55.1 Å². The van der Waals surface area contributed by atoms with Gasteiger partial charge in [0.05, 0.1) is 29.9 Å². The first-order chi connectivity index (χ1) is 18.1. The molecule has 1 fully saturated rings. The van der Waals surface area contributed by atoms with Crippen LogP contribution in [0.25, 0.3) is 5.69 Å². The molecule has 0 amide bonds. The van der Waals surface area contributed by atoms with Gasteiger partial charge in [-0.3, -0.25) is 4.57 Å². The van der Waals surface area contributed by atoms with Gasteiger partial charge in [0.2, 0.25) is 11.8 Å². The molecule has 0 radical (unpaired) electrons. The van der Waals surface area contributed by atoms with Crippen LogP contribution in [0.5, 0.6) is 11.8 Å². The van der Waals surface area contributed by atoms with Gasteiger partial charge in [0.15, 0.2) is 27.2 Å². The molecule has 12 nitrogen and oxygen atoms in total. The minimum Gasteiger partial charge on any atom is -0.479 e. The lowest BCUT2D eigenvalue weighted by Crippen LogP contribution is -2.44. The van der Waals surface area contributed by atoms with E-state index in [0.29, 0.717) is 6.42 Å². The molecule has 0 saturated heterocycles. The fourth-order valence-corrected chi connectivity index (χ4v) is 5.89. The third kappa shape index (κ3) is 4.89. The highest BCUT2D eigenvalue weighted by molar-refractivity contribution is 7.91. The average Bonchev–Trinajstić information content (AvgIpc) is 3.26. The Labute approximate surface area is 222 Å². The van der Waals surface area contributed by atoms with Crippen LogP contribution < -0.4 is 9.47 Å². The Hall–Kier alpha value is -3.04. The molecule has 0 unspecified atom stereocenters. The van der Waals surface area contributed by atoms with E-state index in [1.54, 1.807) is 0 Å². The number of alkyl halides is 2. The van der Waals surface area contributed by atoms with Crippen molar-refractivity contribution >= 4 is 21.4 Å². The molecule has 0 bridgehead atoms. The van der Waals surface area contributed by atoms with Crippen LogP contribution in [0, 0.1) is 0 Å². The molecule has 38 heavy (non-hydrogen) atoms. The normalized spacial score (nSPS) is 16.6. The summed E-state index contributed by atoms with van der Waals surface area (Å²) in [6.45, 7) is 1.43. The quantitative estimate of drug-likeness (QED) is 0.334. The van der Waals surface area contributed by atoms with Gasteiger partial charge in [0.25, 0.3) is 6.43 Å². The zero-order valence-electron chi connectivity index (χ0n) is 21.0. The van der Waals surface area contributed by atoms with Crippen LogP contribution in [0.4, 0.5) is 8.78 Å². The number of nitrogens with zero attached hydrogens (tertiary/aromatic N) is 7. The lowest BCUT2D eigenvalue weighted by molar-refractivity contribution is -0.00590. The lowest BCUT2D eigenvalue weighted by Gasteiger charge is -2.40. The Bertz CT molecular complexity index is 1360. The predicted octanol–water partition coefficient (Wildman–Crippen LogP) is 2.90. The number of rotatable bonds is 11. The molecule has 3 heterocycles. The van der Waals surface area contributed by atoms with E-state index in [0.717, 1.165) is 0 Å².